The summed E-state index contributed by atoms with van der Waals surface area (Å²) < 4.78 is 4.97. The van der Waals surface area contributed by atoms with Crippen LogP contribution in [0.5, 0.6) is 11.5 Å². The maximum absolute atomic E-state index is 9.49. The lowest BCUT2D eigenvalue weighted by Gasteiger charge is -2.14. The van der Waals surface area contributed by atoms with Gasteiger partial charge in [0.25, 0.3) is 0 Å². The minimum Gasteiger partial charge on any atom is -0.508 e. The first kappa shape index (κ1) is 10.8. The summed E-state index contributed by atoms with van der Waals surface area (Å²) in [5, 5.41) is 27.4. The van der Waals surface area contributed by atoms with Crippen LogP contribution in [0, 0.1) is 0 Å². The molecule has 0 amide bonds. The SMILES string of the molecule is COc1ccc(O)c(C(CO)CO)c1. The number of aliphatic hydroxyl groups is 2. The van der Waals surface area contributed by atoms with Crippen molar-refractivity contribution in [3.05, 3.63) is 23.8 Å². The smallest absolute Gasteiger partial charge is 0.119 e. The zero-order chi connectivity index (χ0) is 10.6. The first-order chi connectivity index (χ1) is 6.72. The van der Waals surface area contributed by atoms with Crippen LogP contribution in [0.3, 0.4) is 0 Å². The van der Waals surface area contributed by atoms with Crippen molar-refractivity contribution in [2.24, 2.45) is 0 Å². The fourth-order valence-electron chi connectivity index (χ4n) is 1.24. The molecule has 0 unspecified atom stereocenters. The molecule has 4 heteroatoms. The molecule has 0 heterocycles. The summed E-state index contributed by atoms with van der Waals surface area (Å²) in [6.07, 6.45) is 0. The van der Waals surface area contributed by atoms with Gasteiger partial charge in [-0.25, -0.2) is 0 Å². The van der Waals surface area contributed by atoms with Crippen LogP contribution in [0.4, 0.5) is 0 Å². The minimum atomic E-state index is -0.468. The third kappa shape index (κ3) is 2.16. The molecule has 1 aromatic carbocycles. The Morgan fingerprint density at radius 3 is 2.43 bits per heavy atom. The summed E-state index contributed by atoms with van der Waals surface area (Å²) in [4.78, 5) is 0. The van der Waals surface area contributed by atoms with Crippen molar-refractivity contribution >= 4 is 0 Å². The van der Waals surface area contributed by atoms with Crippen LogP contribution in [0.25, 0.3) is 0 Å². The molecule has 0 aliphatic heterocycles. The lowest BCUT2D eigenvalue weighted by molar-refractivity contribution is 0.190. The minimum absolute atomic E-state index is 0.0545. The summed E-state index contributed by atoms with van der Waals surface area (Å²) in [7, 11) is 1.52. The lowest BCUT2D eigenvalue weighted by Crippen LogP contribution is -2.09. The molecule has 14 heavy (non-hydrogen) atoms. The molecule has 3 N–H and O–H groups in total. The number of ether oxygens (including phenoxy) is 1. The molecule has 0 atom stereocenters. The molecule has 0 aliphatic rings. The normalized spacial score (nSPS) is 10.6. The van der Waals surface area contributed by atoms with E-state index >= 15 is 0 Å². The van der Waals surface area contributed by atoms with Crippen molar-refractivity contribution in [3.8, 4) is 11.5 Å². The zero-order valence-corrected chi connectivity index (χ0v) is 7.97. The van der Waals surface area contributed by atoms with Gasteiger partial charge in [-0.3, -0.25) is 0 Å². The molecule has 0 radical (unpaired) electrons. The van der Waals surface area contributed by atoms with E-state index < -0.39 is 5.92 Å². The Hall–Kier alpha value is -1.26. The Morgan fingerprint density at radius 2 is 1.93 bits per heavy atom. The van der Waals surface area contributed by atoms with E-state index in [2.05, 4.69) is 0 Å². The largest absolute Gasteiger partial charge is 0.508 e. The molecular weight excluding hydrogens is 184 g/mol. The van der Waals surface area contributed by atoms with Gasteiger partial charge in [0.1, 0.15) is 11.5 Å². The van der Waals surface area contributed by atoms with Gasteiger partial charge in [-0.05, 0) is 18.2 Å². The van der Waals surface area contributed by atoms with Crippen LogP contribution >= 0.6 is 0 Å². The van der Waals surface area contributed by atoms with Gasteiger partial charge in [-0.15, -0.1) is 0 Å². The molecule has 0 aliphatic carbocycles. The highest BCUT2D eigenvalue weighted by molar-refractivity contribution is 5.41. The van der Waals surface area contributed by atoms with E-state index in [-0.39, 0.29) is 19.0 Å². The van der Waals surface area contributed by atoms with E-state index in [0.717, 1.165) is 0 Å². The van der Waals surface area contributed by atoms with E-state index in [9.17, 15) is 5.11 Å². The highest BCUT2D eigenvalue weighted by Gasteiger charge is 2.14. The average Bonchev–Trinajstić information content (AvgIpc) is 2.22. The second-order valence-corrected chi connectivity index (χ2v) is 2.99. The summed E-state index contributed by atoms with van der Waals surface area (Å²) in [5.41, 5.74) is 0.495. The van der Waals surface area contributed by atoms with Crippen molar-refractivity contribution < 1.29 is 20.1 Å². The Bertz CT molecular complexity index is 294. The van der Waals surface area contributed by atoms with Crippen molar-refractivity contribution in [1.29, 1.82) is 0 Å². The van der Waals surface area contributed by atoms with Crippen molar-refractivity contribution in [2.75, 3.05) is 20.3 Å². The summed E-state index contributed by atoms with van der Waals surface area (Å²) in [6, 6.07) is 4.70. The second-order valence-electron chi connectivity index (χ2n) is 2.99. The molecule has 4 nitrogen and oxygen atoms in total. The highest BCUT2D eigenvalue weighted by Crippen LogP contribution is 2.29. The Kier molecular flexibility index (Phi) is 3.73. The predicted octanol–water partition coefficient (Wildman–Crippen LogP) is 0.469. The molecule has 1 aromatic rings. The number of methoxy groups -OCH3 is 1. The molecule has 0 fully saturated rings. The first-order valence-corrected chi connectivity index (χ1v) is 4.31. The van der Waals surface area contributed by atoms with Crippen LogP contribution < -0.4 is 4.74 Å². The summed E-state index contributed by atoms with van der Waals surface area (Å²) in [5.74, 6) is 0.175. The summed E-state index contributed by atoms with van der Waals surface area (Å²) >= 11 is 0. The number of phenols is 1. The third-order valence-corrected chi connectivity index (χ3v) is 2.12. The van der Waals surface area contributed by atoms with Crippen LogP contribution in [0.15, 0.2) is 18.2 Å². The van der Waals surface area contributed by atoms with Crippen LogP contribution in [-0.2, 0) is 0 Å². The van der Waals surface area contributed by atoms with E-state index in [1.807, 2.05) is 0 Å². The Balaban J connectivity index is 3.04. The quantitative estimate of drug-likeness (QED) is 0.657. The molecule has 0 saturated carbocycles. The van der Waals surface area contributed by atoms with E-state index in [1.165, 1.54) is 13.2 Å². The van der Waals surface area contributed by atoms with Gasteiger partial charge in [0.15, 0.2) is 0 Å². The molecule has 0 spiro atoms. The molecule has 0 saturated heterocycles. The highest BCUT2D eigenvalue weighted by atomic mass is 16.5. The molecular formula is C10H14O4. The van der Waals surface area contributed by atoms with Crippen molar-refractivity contribution in [1.82, 2.24) is 0 Å². The molecule has 1 rings (SSSR count). The topological polar surface area (TPSA) is 69.9 Å². The van der Waals surface area contributed by atoms with Crippen LogP contribution in [0.1, 0.15) is 11.5 Å². The van der Waals surface area contributed by atoms with Gasteiger partial charge in [0.2, 0.25) is 0 Å². The number of benzene rings is 1. The monoisotopic (exact) mass is 198 g/mol. The van der Waals surface area contributed by atoms with Gasteiger partial charge in [-0.1, -0.05) is 0 Å². The number of rotatable bonds is 4. The number of aromatic hydroxyl groups is 1. The van der Waals surface area contributed by atoms with Gasteiger partial charge >= 0.3 is 0 Å². The maximum atomic E-state index is 9.49. The van der Waals surface area contributed by atoms with Crippen LogP contribution in [-0.4, -0.2) is 35.6 Å². The van der Waals surface area contributed by atoms with Gasteiger partial charge < -0.3 is 20.1 Å². The lowest BCUT2D eigenvalue weighted by atomic mass is 9.99. The summed E-state index contributed by atoms with van der Waals surface area (Å²) in [6.45, 7) is -0.422. The maximum Gasteiger partial charge on any atom is 0.119 e. The predicted molar refractivity (Wildman–Crippen MR) is 51.6 cm³/mol. The molecule has 0 aromatic heterocycles. The van der Waals surface area contributed by atoms with E-state index in [1.54, 1.807) is 12.1 Å². The van der Waals surface area contributed by atoms with Gasteiger partial charge in [0, 0.05) is 11.5 Å². The standard InChI is InChI=1S/C10H14O4/c1-14-8-2-3-10(13)9(4-8)7(5-11)6-12/h2-4,7,11-13H,5-6H2,1H3. The van der Waals surface area contributed by atoms with E-state index in [0.29, 0.717) is 11.3 Å². The number of hydrogen-bond donors (Lipinski definition) is 3. The van der Waals surface area contributed by atoms with Crippen molar-refractivity contribution in [2.45, 2.75) is 5.92 Å². The zero-order valence-electron chi connectivity index (χ0n) is 7.97. The van der Waals surface area contributed by atoms with E-state index in [4.69, 9.17) is 14.9 Å². The fraction of sp³-hybridized carbons (Fsp3) is 0.400. The fourth-order valence-corrected chi connectivity index (χ4v) is 1.24. The number of hydrogen-bond acceptors (Lipinski definition) is 4. The molecule has 78 valence electrons. The average molecular weight is 198 g/mol. The number of aliphatic hydroxyl groups excluding tert-OH is 2. The Labute approximate surface area is 82.4 Å². The molecule has 0 bridgehead atoms. The second kappa shape index (κ2) is 4.83. The first-order valence-electron chi connectivity index (χ1n) is 4.31. The van der Waals surface area contributed by atoms with Gasteiger partial charge in [-0.2, -0.15) is 0 Å². The Morgan fingerprint density at radius 1 is 1.29 bits per heavy atom. The number of phenolic OH excluding ortho intramolecular Hbond substituents is 1. The van der Waals surface area contributed by atoms with Gasteiger partial charge in [0.05, 0.1) is 20.3 Å². The van der Waals surface area contributed by atoms with Crippen molar-refractivity contribution in [3.63, 3.8) is 0 Å². The van der Waals surface area contributed by atoms with Crippen LogP contribution in [0.2, 0.25) is 0 Å². The third-order valence-electron chi connectivity index (χ3n) is 2.12.